The maximum Gasteiger partial charge on any atom is 0.335 e. The topological polar surface area (TPSA) is 75.8 Å². The molecular weight excluding hydrogens is 232 g/mol. The van der Waals surface area contributed by atoms with Crippen molar-refractivity contribution in [3.8, 4) is 0 Å². The van der Waals surface area contributed by atoms with Gasteiger partial charge < -0.3 is 20.5 Å². The third-order valence-corrected chi connectivity index (χ3v) is 2.70. The summed E-state index contributed by atoms with van der Waals surface area (Å²) >= 11 is 0. The molecule has 1 aromatic rings. The van der Waals surface area contributed by atoms with Crippen LogP contribution >= 0.6 is 0 Å². The van der Waals surface area contributed by atoms with E-state index in [1.165, 1.54) is 0 Å². The number of methoxy groups -OCH3 is 1. The van der Waals surface area contributed by atoms with E-state index in [-0.39, 0.29) is 5.56 Å². The van der Waals surface area contributed by atoms with Crippen molar-refractivity contribution in [2.45, 2.75) is 6.92 Å². The zero-order chi connectivity index (χ0) is 13.5. The highest BCUT2D eigenvalue weighted by Gasteiger charge is 2.11. The molecule has 0 aromatic heterocycles. The zero-order valence-corrected chi connectivity index (χ0v) is 10.8. The summed E-state index contributed by atoms with van der Waals surface area (Å²) < 4.78 is 5.15. The van der Waals surface area contributed by atoms with Gasteiger partial charge in [0.2, 0.25) is 0 Å². The van der Waals surface area contributed by atoms with Crippen molar-refractivity contribution >= 4 is 11.7 Å². The lowest BCUT2D eigenvalue weighted by atomic mass is 10.1. The van der Waals surface area contributed by atoms with Crippen molar-refractivity contribution < 1.29 is 14.6 Å². The quantitative estimate of drug-likeness (QED) is 0.717. The summed E-state index contributed by atoms with van der Waals surface area (Å²) in [6.45, 7) is 3.90. The van der Waals surface area contributed by atoms with Crippen LogP contribution in [0.15, 0.2) is 24.3 Å². The Morgan fingerprint density at radius 3 is 2.50 bits per heavy atom. The number of nitrogens with zero attached hydrogens (tertiary/aromatic N) is 1. The first-order valence-corrected chi connectivity index (χ1v) is 5.85. The van der Waals surface area contributed by atoms with Gasteiger partial charge in [-0.2, -0.15) is 0 Å². The highest BCUT2D eigenvalue weighted by atomic mass is 16.5. The molecule has 0 aliphatic carbocycles. The third kappa shape index (κ3) is 4.01. The molecule has 0 spiro atoms. The van der Waals surface area contributed by atoms with Crippen molar-refractivity contribution in [1.82, 2.24) is 0 Å². The lowest BCUT2D eigenvalue weighted by molar-refractivity contribution is 0.0697. The second-order valence-corrected chi connectivity index (χ2v) is 4.33. The molecule has 1 atom stereocenters. The van der Waals surface area contributed by atoms with Crippen molar-refractivity contribution in [2.75, 3.05) is 31.8 Å². The lowest BCUT2D eigenvalue weighted by Gasteiger charge is -2.26. The number of anilines is 1. The van der Waals surface area contributed by atoms with Gasteiger partial charge in [0.1, 0.15) is 6.73 Å². The number of carboxylic acids is 1. The summed E-state index contributed by atoms with van der Waals surface area (Å²) in [5.74, 6) is -0.575. The van der Waals surface area contributed by atoms with Crippen LogP contribution in [-0.2, 0) is 4.74 Å². The Kier molecular flexibility index (Phi) is 5.61. The first-order chi connectivity index (χ1) is 8.58. The summed E-state index contributed by atoms with van der Waals surface area (Å²) in [6.07, 6.45) is 0. The van der Waals surface area contributed by atoms with Crippen molar-refractivity contribution in [3.63, 3.8) is 0 Å². The molecule has 0 radical (unpaired) electrons. The summed E-state index contributed by atoms with van der Waals surface area (Å²) in [6, 6.07) is 6.75. The van der Waals surface area contributed by atoms with E-state index in [2.05, 4.69) is 6.92 Å². The maximum atomic E-state index is 10.8. The molecule has 0 bridgehead atoms. The van der Waals surface area contributed by atoms with Gasteiger partial charge in [-0.15, -0.1) is 0 Å². The number of benzene rings is 1. The second-order valence-electron chi connectivity index (χ2n) is 4.33. The number of hydrogen-bond acceptors (Lipinski definition) is 4. The van der Waals surface area contributed by atoms with Crippen LogP contribution in [0.4, 0.5) is 5.69 Å². The highest BCUT2D eigenvalue weighted by Crippen LogP contribution is 2.16. The normalized spacial score (nSPS) is 12.2. The van der Waals surface area contributed by atoms with Crippen LogP contribution in [-0.4, -0.2) is 38.0 Å². The Labute approximate surface area is 107 Å². The van der Waals surface area contributed by atoms with Gasteiger partial charge in [-0.05, 0) is 36.7 Å². The van der Waals surface area contributed by atoms with Crippen LogP contribution < -0.4 is 10.6 Å². The third-order valence-electron chi connectivity index (χ3n) is 2.70. The molecule has 0 saturated heterocycles. The molecule has 0 fully saturated rings. The molecule has 0 aliphatic rings. The largest absolute Gasteiger partial charge is 0.478 e. The minimum absolute atomic E-state index is 0.281. The summed E-state index contributed by atoms with van der Waals surface area (Å²) in [4.78, 5) is 12.8. The summed E-state index contributed by atoms with van der Waals surface area (Å²) in [5.41, 5.74) is 6.83. The molecule has 100 valence electrons. The maximum absolute atomic E-state index is 10.8. The molecule has 3 N–H and O–H groups in total. The molecule has 18 heavy (non-hydrogen) atoms. The van der Waals surface area contributed by atoms with Crippen molar-refractivity contribution in [1.29, 1.82) is 0 Å². The van der Waals surface area contributed by atoms with Gasteiger partial charge in [0.15, 0.2) is 0 Å². The molecule has 5 heteroatoms. The van der Waals surface area contributed by atoms with Gasteiger partial charge in [0.25, 0.3) is 0 Å². The Hall–Kier alpha value is -1.59. The number of nitrogens with two attached hydrogens (primary N) is 1. The molecular formula is C13H20N2O3. The first kappa shape index (κ1) is 14.5. The first-order valence-electron chi connectivity index (χ1n) is 5.85. The van der Waals surface area contributed by atoms with Crippen LogP contribution in [0.5, 0.6) is 0 Å². The van der Waals surface area contributed by atoms with Crippen LogP contribution in [0, 0.1) is 5.92 Å². The van der Waals surface area contributed by atoms with Gasteiger partial charge in [-0.25, -0.2) is 4.79 Å². The Morgan fingerprint density at radius 1 is 1.44 bits per heavy atom. The number of hydrogen-bond donors (Lipinski definition) is 2. The van der Waals surface area contributed by atoms with E-state index in [0.717, 1.165) is 12.2 Å². The second kappa shape index (κ2) is 6.98. The fourth-order valence-corrected chi connectivity index (χ4v) is 1.65. The predicted octanol–water partition coefficient (Wildman–Crippen LogP) is 1.39. The van der Waals surface area contributed by atoms with E-state index in [4.69, 9.17) is 15.6 Å². The summed E-state index contributed by atoms with van der Waals surface area (Å²) in [7, 11) is 1.63. The Morgan fingerprint density at radius 2 is 2.06 bits per heavy atom. The average Bonchev–Trinajstić information content (AvgIpc) is 2.38. The number of carbonyl (C=O) groups is 1. The van der Waals surface area contributed by atoms with Crippen LogP contribution in [0.25, 0.3) is 0 Å². The fourth-order valence-electron chi connectivity index (χ4n) is 1.65. The lowest BCUT2D eigenvalue weighted by Crippen LogP contribution is -2.33. The van der Waals surface area contributed by atoms with E-state index in [9.17, 15) is 4.79 Å². The minimum Gasteiger partial charge on any atom is -0.478 e. The molecule has 0 heterocycles. The van der Waals surface area contributed by atoms with Gasteiger partial charge >= 0.3 is 5.97 Å². The average molecular weight is 252 g/mol. The van der Waals surface area contributed by atoms with Gasteiger partial charge in [0, 0.05) is 19.3 Å². The molecule has 0 saturated carbocycles. The van der Waals surface area contributed by atoms with Crippen molar-refractivity contribution in [3.05, 3.63) is 29.8 Å². The predicted molar refractivity (Wildman–Crippen MR) is 70.8 cm³/mol. The standard InChI is InChI=1S/C13H20N2O3/c1-10(7-14)8-15(9-18-2)12-5-3-11(4-6-12)13(16)17/h3-6,10H,7-9,14H2,1-2H3,(H,16,17)/t10-/m0/s1. The number of carboxylic acid groups (broad SMARTS) is 1. The van der Waals surface area contributed by atoms with Gasteiger partial charge in [-0.1, -0.05) is 6.92 Å². The van der Waals surface area contributed by atoms with Gasteiger partial charge in [-0.3, -0.25) is 0 Å². The van der Waals surface area contributed by atoms with Gasteiger partial charge in [0.05, 0.1) is 5.56 Å². The Balaban J connectivity index is 2.81. The van der Waals surface area contributed by atoms with E-state index < -0.39 is 5.97 Å². The van der Waals surface area contributed by atoms with Crippen LogP contribution in [0.2, 0.25) is 0 Å². The molecule has 0 amide bonds. The number of ether oxygens (including phenoxy) is 1. The van der Waals surface area contributed by atoms with Crippen molar-refractivity contribution in [2.24, 2.45) is 11.7 Å². The molecule has 5 nitrogen and oxygen atoms in total. The highest BCUT2D eigenvalue weighted by molar-refractivity contribution is 5.88. The zero-order valence-electron chi connectivity index (χ0n) is 10.8. The SMILES string of the molecule is COCN(C[C@@H](C)CN)c1ccc(C(=O)O)cc1. The number of rotatable bonds is 7. The number of aromatic carboxylic acids is 1. The Bertz CT molecular complexity index is 378. The summed E-state index contributed by atoms with van der Waals surface area (Å²) in [5, 5.41) is 8.85. The van der Waals surface area contributed by atoms with E-state index >= 15 is 0 Å². The molecule has 1 aromatic carbocycles. The monoisotopic (exact) mass is 252 g/mol. The van der Waals surface area contributed by atoms with E-state index in [1.54, 1.807) is 31.4 Å². The van der Waals surface area contributed by atoms with E-state index in [1.807, 2.05) is 4.90 Å². The van der Waals surface area contributed by atoms with E-state index in [0.29, 0.717) is 19.2 Å². The fraction of sp³-hybridized carbons (Fsp3) is 0.462. The molecule has 1 rings (SSSR count). The van der Waals surface area contributed by atoms with Crippen LogP contribution in [0.1, 0.15) is 17.3 Å². The van der Waals surface area contributed by atoms with Crippen LogP contribution in [0.3, 0.4) is 0 Å². The minimum atomic E-state index is -0.921. The molecule has 0 aliphatic heterocycles. The molecule has 0 unspecified atom stereocenters. The smallest absolute Gasteiger partial charge is 0.335 e.